The lowest BCUT2D eigenvalue weighted by atomic mass is 10.4. The summed E-state index contributed by atoms with van der Waals surface area (Å²) in [6, 6.07) is 5.98. The van der Waals surface area contributed by atoms with E-state index < -0.39 is 10.0 Å². The highest BCUT2D eigenvalue weighted by atomic mass is 35.5. The Hall–Kier alpha value is -0.860. The van der Waals surface area contributed by atoms with E-state index in [0.29, 0.717) is 18.1 Å². The zero-order valence-electron chi connectivity index (χ0n) is 13.0. The first-order chi connectivity index (χ1) is 10.5. The number of hydrogen-bond donors (Lipinski definition) is 3. The summed E-state index contributed by atoms with van der Waals surface area (Å²) in [5, 5.41) is 6.23. The Labute approximate surface area is 148 Å². The molecule has 1 rings (SSSR count). The molecule has 9 heteroatoms. The lowest BCUT2D eigenvalue weighted by Gasteiger charge is -2.08. The van der Waals surface area contributed by atoms with Crippen LogP contribution in [0.25, 0.3) is 0 Å². The van der Waals surface area contributed by atoms with E-state index in [0.717, 1.165) is 13.0 Å². The molecule has 1 amide bonds. The third kappa shape index (κ3) is 9.12. The van der Waals surface area contributed by atoms with E-state index in [9.17, 15) is 13.2 Å². The molecule has 0 fully saturated rings. The van der Waals surface area contributed by atoms with Crippen molar-refractivity contribution in [1.82, 2.24) is 15.4 Å². The maximum absolute atomic E-state index is 12.0. The Morgan fingerprint density at radius 1 is 1.17 bits per heavy atom. The normalized spacial score (nSPS) is 10.9. The van der Waals surface area contributed by atoms with Crippen LogP contribution in [0.15, 0.2) is 29.2 Å². The van der Waals surface area contributed by atoms with Gasteiger partial charge in [0, 0.05) is 31.1 Å². The van der Waals surface area contributed by atoms with E-state index in [1.54, 1.807) is 12.1 Å². The topological polar surface area (TPSA) is 87.3 Å². The molecule has 0 bridgehead atoms. The van der Waals surface area contributed by atoms with Gasteiger partial charge in [-0.05, 0) is 31.2 Å². The SMILES string of the molecule is CCCNCCNC(=O)CCNS(=O)(=O)c1cccc(Cl)c1.Cl. The number of benzene rings is 1. The Morgan fingerprint density at radius 3 is 2.57 bits per heavy atom. The van der Waals surface area contributed by atoms with Crippen LogP contribution in [0.1, 0.15) is 19.8 Å². The summed E-state index contributed by atoms with van der Waals surface area (Å²) in [5.41, 5.74) is 0. The molecule has 23 heavy (non-hydrogen) atoms. The largest absolute Gasteiger partial charge is 0.355 e. The molecule has 0 aliphatic carbocycles. The first-order valence-electron chi connectivity index (χ1n) is 7.18. The van der Waals surface area contributed by atoms with Crippen LogP contribution in [0.4, 0.5) is 0 Å². The molecule has 0 heterocycles. The number of nitrogens with one attached hydrogen (secondary N) is 3. The van der Waals surface area contributed by atoms with E-state index in [4.69, 9.17) is 11.6 Å². The number of rotatable bonds is 10. The van der Waals surface area contributed by atoms with Crippen LogP contribution in [-0.2, 0) is 14.8 Å². The maximum Gasteiger partial charge on any atom is 0.240 e. The standard InChI is InChI=1S/C14H22ClN3O3S.ClH/c1-2-7-16-9-10-17-14(19)6-8-18-22(20,21)13-5-3-4-12(15)11-13;/h3-5,11,16,18H,2,6-10H2,1H3,(H,17,19);1H. The molecule has 0 spiro atoms. The van der Waals surface area contributed by atoms with Gasteiger partial charge < -0.3 is 10.6 Å². The summed E-state index contributed by atoms with van der Waals surface area (Å²) < 4.78 is 26.4. The van der Waals surface area contributed by atoms with Gasteiger partial charge in [0.15, 0.2) is 0 Å². The predicted octanol–water partition coefficient (Wildman–Crippen LogP) is 1.55. The van der Waals surface area contributed by atoms with Crippen molar-refractivity contribution in [3.05, 3.63) is 29.3 Å². The number of carbonyl (C=O) groups is 1. The molecular formula is C14H23Cl2N3O3S. The Bertz CT molecular complexity index is 582. The second-order valence-electron chi connectivity index (χ2n) is 4.71. The molecule has 0 aliphatic heterocycles. The lowest BCUT2D eigenvalue weighted by molar-refractivity contribution is -0.120. The molecule has 1 aromatic carbocycles. The summed E-state index contributed by atoms with van der Waals surface area (Å²) in [5.74, 6) is -0.188. The van der Waals surface area contributed by atoms with Crippen molar-refractivity contribution in [3.63, 3.8) is 0 Å². The van der Waals surface area contributed by atoms with Gasteiger partial charge in [0.1, 0.15) is 0 Å². The van der Waals surface area contributed by atoms with Gasteiger partial charge in [-0.25, -0.2) is 13.1 Å². The van der Waals surface area contributed by atoms with Gasteiger partial charge >= 0.3 is 0 Å². The highest BCUT2D eigenvalue weighted by Gasteiger charge is 2.14. The Kier molecular flexibility index (Phi) is 11.2. The maximum atomic E-state index is 12.0. The number of carbonyl (C=O) groups excluding carboxylic acids is 1. The minimum Gasteiger partial charge on any atom is -0.355 e. The average molecular weight is 384 g/mol. The fourth-order valence-corrected chi connectivity index (χ4v) is 3.03. The minimum atomic E-state index is -3.64. The van der Waals surface area contributed by atoms with Gasteiger partial charge in [-0.3, -0.25) is 4.79 Å². The van der Waals surface area contributed by atoms with Crippen LogP contribution in [0, 0.1) is 0 Å². The smallest absolute Gasteiger partial charge is 0.240 e. The van der Waals surface area contributed by atoms with Gasteiger partial charge in [0.05, 0.1) is 4.90 Å². The molecule has 3 N–H and O–H groups in total. The fourth-order valence-electron chi connectivity index (χ4n) is 1.70. The van der Waals surface area contributed by atoms with Crippen LogP contribution in [-0.4, -0.2) is 40.5 Å². The zero-order chi connectivity index (χ0) is 16.4. The molecule has 0 atom stereocenters. The van der Waals surface area contributed by atoms with Gasteiger partial charge in [-0.2, -0.15) is 0 Å². The number of sulfonamides is 1. The highest BCUT2D eigenvalue weighted by Crippen LogP contribution is 2.14. The molecular weight excluding hydrogens is 361 g/mol. The van der Waals surface area contributed by atoms with Gasteiger partial charge in [-0.15, -0.1) is 12.4 Å². The Balaban J connectivity index is 0.00000484. The van der Waals surface area contributed by atoms with Crippen molar-refractivity contribution < 1.29 is 13.2 Å². The quantitative estimate of drug-likeness (QED) is 0.534. The molecule has 0 aromatic heterocycles. The summed E-state index contributed by atoms with van der Waals surface area (Å²) in [7, 11) is -3.64. The van der Waals surface area contributed by atoms with E-state index in [1.165, 1.54) is 12.1 Å². The van der Waals surface area contributed by atoms with Crippen molar-refractivity contribution in [2.45, 2.75) is 24.7 Å². The number of halogens is 2. The predicted molar refractivity (Wildman–Crippen MR) is 94.7 cm³/mol. The molecule has 6 nitrogen and oxygen atoms in total. The van der Waals surface area contributed by atoms with Gasteiger partial charge in [0.2, 0.25) is 15.9 Å². The van der Waals surface area contributed by atoms with Crippen LogP contribution in [0.3, 0.4) is 0 Å². The van der Waals surface area contributed by atoms with Crippen LogP contribution < -0.4 is 15.4 Å². The van der Waals surface area contributed by atoms with Crippen molar-refractivity contribution in [3.8, 4) is 0 Å². The third-order valence-corrected chi connectivity index (χ3v) is 4.50. The lowest BCUT2D eigenvalue weighted by Crippen LogP contribution is -2.34. The summed E-state index contributed by atoms with van der Waals surface area (Å²) in [4.78, 5) is 11.6. The van der Waals surface area contributed by atoms with Crippen LogP contribution in [0.5, 0.6) is 0 Å². The van der Waals surface area contributed by atoms with Crippen molar-refractivity contribution in [2.75, 3.05) is 26.2 Å². The fraction of sp³-hybridized carbons (Fsp3) is 0.500. The zero-order valence-corrected chi connectivity index (χ0v) is 15.4. The third-order valence-electron chi connectivity index (χ3n) is 2.80. The Morgan fingerprint density at radius 2 is 1.91 bits per heavy atom. The summed E-state index contributed by atoms with van der Waals surface area (Å²) >= 11 is 5.77. The van der Waals surface area contributed by atoms with Crippen LogP contribution >= 0.6 is 24.0 Å². The average Bonchev–Trinajstić information content (AvgIpc) is 2.47. The number of hydrogen-bond acceptors (Lipinski definition) is 4. The number of amides is 1. The van der Waals surface area contributed by atoms with E-state index in [1.807, 2.05) is 0 Å². The molecule has 0 saturated heterocycles. The summed E-state index contributed by atoms with van der Waals surface area (Å²) in [6.45, 7) is 4.25. The van der Waals surface area contributed by atoms with Gasteiger partial charge in [0.25, 0.3) is 0 Å². The molecule has 0 aliphatic rings. The first kappa shape index (κ1) is 22.1. The molecule has 132 valence electrons. The minimum absolute atomic E-state index is 0. The molecule has 0 radical (unpaired) electrons. The monoisotopic (exact) mass is 383 g/mol. The van der Waals surface area contributed by atoms with Crippen LogP contribution in [0.2, 0.25) is 5.02 Å². The molecule has 0 saturated carbocycles. The van der Waals surface area contributed by atoms with Crippen molar-refractivity contribution in [1.29, 1.82) is 0 Å². The highest BCUT2D eigenvalue weighted by molar-refractivity contribution is 7.89. The molecule has 0 unspecified atom stereocenters. The second-order valence-corrected chi connectivity index (χ2v) is 6.91. The second kappa shape index (κ2) is 11.6. The van der Waals surface area contributed by atoms with E-state index in [2.05, 4.69) is 22.3 Å². The first-order valence-corrected chi connectivity index (χ1v) is 9.04. The molecule has 1 aromatic rings. The van der Waals surface area contributed by atoms with Crippen molar-refractivity contribution >= 4 is 39.9 Å². The summed E-state index contributed by atoms with van der Waals surface area (Å²) in [6.07, 6.45) is 1.13. The van der Waals surface area contributed by atoms with E-state index in [-0.39, 0.29) is 36.2 Å². The van der Waals surface area contributed by atoms with Gasteiger partial charge in [-0.1, -0.05) is 24.6 Å². The van der Waals surface area contributed by atoms with E-state index >= 15 is 0 Å². The van der Waals surface area contributed by atoms with Crippen molar-refractivity contribution in [2.24, 2.45) is 0 Å².